The fourth-order valence-corrected chi connectivity index (χ4v) is 5.91. The van der Waals surface area contributed by atoms with E-state index in [1.807, 2.05) is 12.1 Å². The molecule has 210 valence electrons. The third-order valence-electron chi connectivity index (χ3n) is 6.80. The Morgan fingerprint density at radius 1 is 1.12 bits per heavy atom. The van der Waals surface area contributed by atoms with Crippen molar-refractivity contribution in [2.24, 2.45) is 0 Å². The van der Waals surface area contributed by atoms with Crippen LogP contribution >= 0.6 is 11.8 Å². The molecule has 0 saturated carbocycles. The first kappa shape index (κ1) is 27.6. The molecule has 2 aliphatic heterocycles. The Bertz CT molecular complexity index is 1540. The summed E-state index contributed by atoms with van der Waals surface area (Å²) in [5.41, 5.74) is 0.360. The second kappa shape index (κ2) is 10.5. The predicted molar refractivity (Wildman–Crippen MR) is 137 cm³/mol. The molecular weight excluding hydrogens is 554 g/mol. The first-order chi connectivity index (χ1) is 19.0. The first-order valence-corrected chi connectivity index (χ1v) is 13.1. The second-order valence-electron chi connectivity index (χ2n) is 9.22. The fourth-order valence-electron chi connectivity index (χ4n) is 4.80. The number of carbonyl (C=O) groups is 2. The van der Waals surface area contributed by atoms with Crippen LogP contribution in [0.4, 0.5) is 17.6 Å². The Balaban J connectivity index is 1.76. The van der Waals surface area contributed by atoms with Crippen LogP contribution in [0.2, 0.25) is 0 Å². The van der Waals surface area contributed by atoms with Gasteiger partial charge in [0.2, 0.25) is 18.0 Å². The van der Waals surface area contributed by atoms with E-state index in [0.717, 1.165) is 25.5 Å². The number of benzene rings is 2. The number of fused-ring (bicyclic) bond motifs is 3. The summed E-state index contributed by atoms with van der Waals surface area (Å²) in [6, 6.07) is 9.55. The van der Waals surface area contributed by atoms with Crippen molar-refractivity contribution in [3.63, 3.8) is 0 Å². The van der Waals surface area contributed by atoms with Crippen molar-refractivity contribution < 1.29 is 36.6 Å². The number of alkyl halides is 3. The molecule has 0 aliphatic carbocycles. The lowest BCUT2D eigenvalue weighted by Gasteiger charge is -2.46. The van der Waals surface area contributed by atoms with E-state index < -0.39 is 66.3 Å². The summed E-state index contributed by atoms with van der Waals surface area (Å²) in [6.45, 7) is 0.599. The average Bonchev–Trinajstić information content (AvgIpc) is 3.07. The van der Waals surface area contributed by atoms with E-state index >= 15 is 4.39 Å². The number of thioether (sulfide) groups is 1. The van der Waals surface area contributed by atoms with E-state index in [4.69, 9.17) is 9.47 Å². The summed E-state index contributed by atoms with van der Waals surface area (Å²) in [5, 5.41) is 1.41. The highest BCUT2D eigenvalue weighted by Gasteiger charge is 2.48. The minimum atomic E-state index is -4.81. The van der Waals surface area contributed by atoms with Crippen molar-refractivity contribution in [3.8, 4) is 5.75 Å². The van der Waals surface area contributed by atoms with Crippen LogP contribution in [-0.2, 0) is 15.3 Å². The Kier molecular flexibility index (Phi) is 7.25. The van der Waals surface area contributed by atoms with E-state index in [2.05, 4.69) is 0 Å². The van der Waals surface area contributed by atoms with Gasteiger partial charge in [-0.15, -0.1) is 11.8 Å². The smallest absolute Gasteiger partial charge is 0.408 e. The quantitative estimate of drug-likeness (QED) is 0.250. The topological polar surface area (TPSA) is 81.1 Å². The van der Waals surface area contributed by atoms with E-state index in [1.165, 1.54) is 33.7 Å². The van der Waals surface area contributed by atoms with Crippen molar-refractivity contribution in [1.82, 2.24) is 9.58 Å². The zero-order valence-electron chi connectivity index (χ0n) is 21.3. The molecule has 1 amide bonds. The van der Waals surface area contributed by atoms with Crippen LogP contribution in [0, 0.1) is 5.82 Å². The number of halogens is 4. The van der Waals surface area contributed by atoms with Gasteiger partial charge < -0.3 is 14.4 Å². The summed E-state index contributed by atoms with van der Waals surface area (Å²) in [4.78, 5) is 38.8. The maximum atomic E-state index is 15.6. The van der Waals surface area contributed by atoms with Gasteiger partial charge in [0.25, 0.3) is 5.91 Å². The molecule has 2 aliphatic rings. The Labute approximate surface area is 230 Å². The molecule has 1 aromatic heterocycles. The minimum Gasteiger partial charge on any atom is -0.451 e. The number of hydrogen-bond acceptors (Lipinski definition) is 7. The minimum absolute atomic E-state index is 0.221. The van der Waals surface area contributed by atoms with Crippen molar-refractivity contribution in [3.05, 3.63) is 93.2 Å². The standard InChI is InChI=1S/C27H23F4N3O5S/c1-15(27(29,30)31)32-13-34(33-11-10-20(36)25(24(33)26(32)37)39-14-38-16(2)35)23-18-7-4-3-6-17(18)12-40-21-9-5-8-19(28)22(21)23/h3-11,15,23H,12-14H2,1-2H3/t15-,23+/m1/s1. The van der Waals surface area contributed by atoms with Gasteiger partial charge in [-0.3, -0.25) is 24.1 Å². The maximum Gasteiger partial charge on any atom is 0.408 e. The molecule has 0 fully saturated rings. The summed E-state index contributed by atoms with van der Waals surface area (Å²) < 4.78 is 68.9. The third-order valence-corrected chi connectivity index (χ3v) is 7.92. The average molecular weight is 578 g/mol. The molecule has 0 spiro atoms. The summed E-state index contributed by atoms with van der Waals surface area (Å²) in [5.74, 6) is -2.55. The van der Waals surface area contributed by atoms with Gasteiger partial charge in [0.1, 0.15) is 24.6 Å². The van der Waals surface area contributed by atoms with E-state index in [9.17, 15) is 27.6 Å². The van der Waals surface area contributed by atoms with Crippen LogP contribution in [0.15, 0.2) is 64.4 Å². The van der Waals surface area contributed by atoms with Crippen LogP contribution < -0.4 is 15.2 Å². The van der Waals surface area contributed by atoms with Gasteiger partial charge in [-0.2, -0.15) is 13.2 Å². The largest absolute Gasteiger partial charge is 0.451 e. The van der Waals surface area contributed by atoms with Gasteiger partial charge in [0, 0.05) is 35.4 Å². The number of esters is 1. The molecule has 0 radical (unpaired) electrons. The molecule has 2 atom stereocenters. The highest BCUT2D eigenvalue weighted by atomic mass is 32.2. The summed E-state index contributed by atoms with van der Waals surface area (Å²) in [6.07, 6.45) is -3.57. The number of carbonyl (C=O) groups excluding carboxylic acids is 2. The van der Waals surface area contributed by atoms with E-state index in [-0.39, 0.29) is 5.56 Å². The molecular formula is C27H23F4N3O5S. The lowest BCUT2D eigenvalue weighted by molar-refractivity contribution is -0.173. The molecule has 5 rings (SSSR count). The summed E-state index contributed by atoms with van der Waals surface area (Å²) >= 11 is 1.39. The fraction of sp³-hybridized carbons (Fsp3) is 0.296. The highest BCUT2D eigenvalue weighted by molar-refractivity contribution is 7.98. The van der Waals surface area contributed by atoms with Crippen LogP contribution in [0.3, 0.4) is 0 Å². The molecule has 8 nitrogen and oxygen atoms in total. The number of hydrogen-bond donors (Lipinski definition) is 0. The lowest BCUT2D eigenvalue weighted by atomic mass is 9.94. The van der Waals surface area contributed by atoms with Gasteiger partial charge >= 0.3 is 12.1 Å². The second-order valence-corrected chi connectivity index (χ2v) is 10.2. The molecule has 0 bridgehead atoms. The molecule has 0 N–H and O–H groups in total. The Morgan fingerprint density at radius 3 is 2.60 bits per heavy atom. The van der Waals surface area contributed by atoms with E-state index in [1.54, 1.807) is 24.3 Å². The van der Waals surface area contributed by atoms with Crippen LogP contribution in [0.1, 0.15) is 47.1 Å². The van der Waals surface area contributed by atoms with E-state index in [0.29, 0.717) is 21.1 Å². The van der Waals surface area contributed by atoms with Crippen molar-refractivity contribution in [2.45, 2.75) is 42.8 Å². The third kappa shape index (κ3) is 4.89. The highest BCUT2D eigenvalue weighted by Crippen LogP contribution is 2.44. The molecule has 3 aromatic rings. The van der Waals surface area contributed by atoms with Crippen LogP contribution in [-0.4, -0.2) is 47.1 Å². The van der Waals surface area contributed by atoms with Crippen molar-refractivity contribution in [2.75, 3.05) is 18.5 Å². The number of ether oxygens (including phenoxy) is 2. The van der Waals surface area contributed by atoms with Gasteiger partial charge in [-0.1, -0.05) is 30.3 Å². The predicted octanol–water partition coefficient (Wildman–Crippen LogP) is 4.58. The zero-order chi connectivity index (χ0) is 28.8. The number of rotatable bonds is 5. The monoisotopic (exact) mass is 577 g/mol. The molecule has 3 heterocycles. The van der Waals surface area contributed by atoms with Gasteiger partial charge in [-0.05, 0) is 30.2 Å². The molecule has 0 saturated heterocycles. The lowest BCUT2D eigenvalue weighted by Crippen LogP contribution is -2.60. The zero-order valence-corrected chi connectivity index (χ0v) is 22.1. The SMILES string of the molecule is CC(=O)OCOc1c2n(ccc1=O)N([C@H]1c3ccccc3CSc3cccc(F)c31)CN([C@H](C)C(F)(F)F)C2=O. The first-order valence-electron chi connectivity index (χ1n) is 12.1. The van der Waals surface area contributed by atoms with Gasteiger partial charge in [0.15, 0.2) is 5.69 Å². The van der Waals surface area contributed by atoms with Crippen LogP contribution in [0.25, 0.3) is 0 Å². The summed E-state index contributed by atoms with van der Waals surface area (Å²) in [7, 11) is 0. The van der Waals surface area contributed by atoms with Crippen molar-refractivity contribution >= 4 is 23.6 Å². The molecule has 40 heavy (non-hydrogen) atoms. The number of nitrogens with zero attached hydrogens (tertiary/aromatic N) is 3. The van der Waals surface area contributed by atoms with Gasteiger partial charge in [-0.25, -0.2) is 4.39 Å². The maximum absolute atomic E-state index is 15.6. The Morgan fingerprint density at radius 2 is 1.88 bits per heavy atom. The molecule has 13 heteroatoms. The van der Waals surface area contributed by atoms with Gasteiger partial charge in [0.05, 0.1) is 0 Å². The van der Waals surface area contributed by atoms with Crippen LogP contribution in [0.5, 0.6) is 5.75 Å². The molecule has 0 unspecified atom stereocenters. The number of pyridine rings is 1. The number of amides is 1. The Hall–Kier alpha value is -4.00. The molecule has 2 aromatic carbocycles. The number of aromatic nitrogens is 1. The van der Waals surface area contributed by atoms with Crippen molar-refractivity contribution in [1.29, 1.82) is 0 Å². The normalized spacial score (nSPS) is 17.4.